The third-order valence-corrected chi connectivity index (χ3v) is 4.73. The van der Waals surface area contributed by atoms with E-state index in [0.29, 0.717) is 5.92 Å². The Labute approximate surface area is 128 Å². The van der Waals surface area contributed by atoms with Gasteiger partial charge in [0, 0.05) is 11.0 Å². The van der Waals surface area contributed by atoms with Crippen molar-refractivity contribution in [2.24, 2.45) is 11.3 Å². The predicted molar refractivity (Wildman–Crippen MR) is 84.9 cm³/mol. The molecule has 0 amide bonds. The highest BCUT2D eigenvalue weighted by molar-refractivity contribution is 5.42. The number of hydrogen-bond donors (Lipinski definition) is 1. The highest BCUT2D eigenvalue weighted by atomic mass is 16.5. The fourth-order valence-electron chi connectivity index (χ4n) is 3.86. The molecular weight excluding hydrogens is 264 g/mol. The van der Waals surface area contributed by atoms with Crippen molar-refractivity contribution in [3.63, 3.8) is 0 Å². The van der Waals surface area contributed by atoms with E-state index in [1.165, 1.54) is 12.8 Å². The van der Waals surface area contributed by atoms with E-state index >= 15 is 0 Å². The molecule has 1 aliphatic carbocycles. The fourth-order valence-corrected chi connectivity index (χ4v) is 3.86. The van der Waals surface area contributed by atoms with Crippen molar-refractivity contribution in [2.45, 2.75) is 52.1 Å². The summed E-state index contributed by atoms with van der Waals surface area (Å²) < 4.78 is 10.8. The largest absolute Gasteiger partial charge is 0.497 e. The summed E-state index contributed by atoms with van der Waals surface area (Å²) in [5, 5.41) is 11.1. The van der Waals surface area contributed by atoms with Crippen LogP contribution in [0.4, 0.5) is 0 Å². The molecule has 1 N–H and O–H groups in total. The second-order valence-electron chi connectivity index (χ2n) is 6.68. The molecule has 21 heavy (non-hydrogen) atoms. The maximum atomic E-state index is 11.1. The Bertz CT molecular complexity index is 462. The van der Waals surface area contributed by atoms with Gasteiger partial charge in [-0.2, -0.15) is 0 Å². The lowest BCUT2D eigenvalue weighted by molar-refractivity contribution is 0.00950. The van der Waals surface area contributed by atoms with Crippen molar-refractivity contribution in [3.05, 3.63) is 23.8 Å². The van der Waals surface area contributed by atoms with Gasteiger partial charge in [-0.3, -0.25) is 0 Å². The maximum absolute atomic E-state index is 11.1. The van der Waals surface area contributed by atoms with Gasteiger partial charge in [0.25, 0.3) is 0 Å². The van der Waals surface area contributed by atoms with E-state index in [4.69, 9.17) is 9.47 Å². The first-order chi connectivity index (χ1) is 10.0. The molecule has 1 unspecified atom stereocenters. The van der Waals surface area contributed by atoms with Gasteiger partial charge in [-0.15, -0.1) is 0 Å². The van der Waals surface area contributed by atoms with E-state index in [0.717, 1.165) is 36.3 Å². The third kappa shape index (κ3) is 3.34. The molecule has 0 aliphatic heterocycles. The predicted octanol–water partition coefficient (Wildman–Crippen LogP) is 4.34. The van der Waals surface area contributed by atoms with Crippen LogP contribution in [0.25, 0.3) is 0 Å². The number of aliphatic hydroxyl groups is 1. The van der Waals surface area contributed by atoms with E-state index in [1.807, 2.05) is 18.2 Å². The van der Waals surface area contributed by atoms with Crippen molar-refractivity contribution < 1.29 is 14.6 Å². The second-order valence-corrected chi connectivity index (χ2v) is 6.68. The van der Waals surface area contributed by atoms with E-state index in [9.17, 15) is 5.11 Å². The molecule has 0 radical (unpaired) electrons. The van der Waals surface area contributed by atoms with Gasteiger partial charge in [0.05, 0.1) is 20.3 Å². The molecule has 0 heterocycles. The van der Waals surface area contributed by atoms with Gasteiger partial charge in [0.2, 0.25) is 0 Å². The topological polar surface area (TPSA) is 38.7 Å². The smallest absolute Gasteiger partial charge is 0.124 e. The SMILES string of the molecule is COc1ccc(OC)c(C(O)C2(CC(C)C)CCCC2)c1. The minimum absolute atomic E-state index is 0.0200. The molecule has 1 aromatic rings. The molecule has 0 spiro atoms. The summed E-state index contributed by atoms with van der Waals surface area (Å²) in [5.74, 6) is 2.09. The Morgan fingerprint density at radius 1 is 1.14 bits per heavy atom. The van der Waals surface area contributed by atoms with Gasteiger partial charge in [-0.1, -0.05) is 26.7 Å². The third-order valence-electron chi connectivity index (χ3n) is 4.73. The van der Waals surface area contributed by atoms with Crippen molar-refractivity contribution in [3.8, 4) is 11.5 Å². The molecule has 118 valence electrons. The molecule has 0 bridgehead atoms. The first-order valence-electron chi connectivity index (χ1n) is 7.92. The molecule has 0 aromatic heterocycles. The van der Waals surface area contributed by atoms with Gasteiger partial charge in [-0.25, -0.2) is 0 Å². The average molecular weight is 292 g/mol. The zero-order chi connectivity index (χ0) is 15.5. The molecule has 3 heteroatoms. The molecule has 1 saturated carbocycles. The first-order valence-corrected chi connectivity index (χ1v) is 7.92. The number of hydrogen-bond acceptors (Lipinski definition) is 3. The lowest BCUT2D eigenvalue weighted by atomic mass is 9.71. The minimum atomic E-state index is -0.493. The fraction of sp³-hybridized carbons (Fsp3) is 0.667. The van der Waals surface area contributed by atoms with E-state index < -0.39 is 6.10 Å². The maximum Gasteiger partial charge on any atom is 0.124 e. The van der Waals surface area contributed by atoms with Gasteiger partial charge in [0.1, 0.15) is 11.5 Å². The number of rotatable bonds is 6. The van der Waals surface area contributed by atoms with Crippen LogP contribution in [0.2, 0.25) is 0 Å². The molecule has 1 aromatic carbocycles. The summed E-state index contributed by atoms with van der Waals surface area (Å²) in [6, 6.07) is 5.68. The summed E-state index contributed by atoms with van der Waals surface area (Å²) in [7, 11) is 3.30. The molecular formula is C18H28O3. The minimum Gasteiger partial charge on any atom is -0.497 e. The van der Waals surface area contributed by atoms with Crippen LogP contribution in [0, 0.1) is 11.3 Å². The van der Waals surface area contributed by atoms with Crippen LogP contribution in [-0.4, -0.2) is 19.3 Å². The van der Waals surface area contributed by atoms with Crippen LogP contribution >= 0.6 is 0 Å². The van der Waals surface area contributed by atoms with Crippen LogP contribution in [0.1, 0.15) is 57.6 Å². The van der Waals surface area contributed by atoms with Gasteiger partial charge >= 0.3 is 0 Å². The van der Waals surface area contributed by atoms with Crippen molar-refractivity contribution >= 4 is 0 Å². The molecule has 1 aliphatic rings. The van der Waals surface area contributed by atoms with E-state index in [2.05, 4.69) is 13.8 Å². The van der Waals surface area contributed by atoms with Crippen molar-refractivity contribution in [1.82, 2.24) is 0 Å². The van der Waals surface area contributed by atoms with Gasteiger partial charge < -0.3 is 14.6 Å². The Morgan fingerprint density at radius 2 is 1.81 bits per heavy atom. The van der Waals surface area contributed by atoms with Crippen molar-refractivity contribution in [2.75, 3.05) is 14.2 Å². The van der Waals surface area contributed by atoms with Crippen LogP contribution in [0.5, 0.6) is 11.5 Å². The Hall–Kier alpha value is -1.22. The Kier molecular flexibility index (Phi) is 5.15. The monoisotopic (exact) mass is 292 g/mol. The summed E-state index contributed by atoms with van der Waals surface area (Å²) in [6.45, 7) is 4.46. The normalized spacial score (nSPS) is 18.8. The quantitative estimate of drug-likeness (QED) is 0.847. The van der Waals surface area contributed by atoms with Crippen molar-refractivity contribution in [1.29, 1.82) is 0 Å². The van der Waals surface area contributed by atoms with Gasteiger partial charge in [-0.05, 0) is 43.4 Å². The zero-order valence-electron chi connectivity index (χ0n) is 13.7. The number of benzene rings is 1. The zero-order valence-corrected chi connectivity index (χ0v) is 13.7. The molecule has 0 saturated heterocycles. The summed E-state index contributed by atoms with van der Waals surface area (Å²) in [5.41, 5.74) is 0.841. The highest BCUT2D eigenvalue weighted by Gasteiger charge is 2.42. The Balaban J connectivity index is 2.38. The second kappa shape index (κ2) is 6.69. The molecule has 1 atom stereocenters. The van der Waals surface area contributed by atoms with E-state index in [-0.39, 0.29) is 5.41 Å². The van der Waals surface area contributed by atoms with Gasteiger partial charge in [0.15, 0.2) is 0 Å². The Morgan fingerprint density at radius 3 is 2.33 bits per heavy atom. The first kappa shape index (κ1) is 16.2. The lowest BCUT2D eigenvalue weighted by Crippen LogP contribution is -2.28. The van der Waals surface area contributed by atoms with E-state index in [1.54, 1.807) is 14.2 Å². The van der Waals surface area contributed by atoms with Crippen LogP contribution in [-0.2, 0) is 0 Å². The number of methoxy groups -OCH3 is 2. The molecule has 2 rings (SSSR count). The number of aliphatic hydroxyl groups excluding tert-OH is 1. The van der Waals surface area contributed by atoms with Crippen LogP contribution < -0.4 is 9.47 Å². The van der Waals surface area contributed by atoms with Crippen LogP contribution in [0.3, 0.4) is 0 Å². The average Bonchev–Trinajstić information content (AvgIpc) is 2.94. The number of ether oxygens (including phenoxy) is 2. The summed E-state index contributed by atoms with van der Waals surface area (Å²) >= 11 is 0. The molecule has 3 nitrogen and oxygen atoms in total. The lowest BCUT2D eigenvalue weighted by Gasteiger charge is -2.36. The highest BCUT2D eigenvalue weighted by Crippen LogP contribution is 2.53. The summed E-state index contributed by atoms with van der Waals surface area (Å²) in [4.78, 5) is 0. The summed E-state index contributed by atoms with van der Waals surface area (Å²) in [6.07, 6.45) is 5.15. The standard InChI is InChI=1S/C18H28O3/c1-13(2)12-18(9-5-6-10-18)17(19)15-11-14(20-3)7-8-16(15)21-4/h7-8,11,13,17,19H,5-6,9-10,12H2,1-4H3. The molecule has 1 fully saturated rings. The van der Waals surface area contributed by atoms with Crippen LogP contribution in [0.15, 0.2) is 18.2 Å².